The zero-order valence-electron chi connectivity index (χ0n) is 16.2. The molecule has 0 unspecified atom stereocenters. The van der Waals surface area contributed by atoms with E-state index in [1.165, 1.54) is 0 Å². The molecule has 1 saturated carbocycles. The molecule has 152 valence electrons. The Balaban J connectivity index is 1.99. The van der Waals surface area contributed by atoms with E-state index in [1.807, 2.05) is 24.3 Å². The standard InChI is InChI=1S/C22H33ClO4/c1-2-3-4-8-19(24)15-10-12-16(13-11-15)22-17(18(23)14-20(22)25)7-5-6-9-21(26)27/h10-13,17-20,22,24-25H,2-9,14H2,1H3,(H,26,27)/t17-,18+,19-,20+,22+/m0/s1. The van der Waals surface area contributed by atoms with Crippen LogP contribution in [0.5, 0.6) is 0 Å². The van der Waals surface area contributed by atoms with Crippen LogP contribution in [0, 0.1) is 5.92 Å². The average molecular weight is 397 g/mol. The summed E-state index contributed by atoms with van der Waals surface area (Å²) < 4.78 is 0. The largest absolute Gasteiger partial charge is 0.481 e. The van der Waals surface area contributed by atoms with Gasteiger partial charge in [-0.15, -0.1) is 11.6 Å². The number of alkyl halides is 1. The first-order chi connectivity index (χ1) is 12.9. The van der Waals surface area contributed by atoms with E-state index in [9.17, 15) is 15.0 Å². The zero-order chi connectivity index (χ0) is 19.8. The molecule has 1 aliphatic carbocycles. The fraction of sp³-hybridized carbons (Fsp3) is 0.682. The number of carbonyl (C=O) groups is 1. The third-order valence-electron chi connectivity index (χ3n) is 5.77. The van der Waals surface area contributed by atoms with Gasteiger partial charge in [-0.3, -0.25) is 4.79 Å². The van der Waals surface area contributed by atoms with Crippen molar-refractivity contribution in [3.63, 3.8) is 0 Å². The number of rotatable bonds is 11. The maximum atomic E-state index is 10.7. The van der Waals surface area contributed by atoms with E-state index in [4.69, 9.17) is 16.7 Å². The zero-order valence-corrected chi connectivity index (χ0v) is 16.9. The molecule has 0 spiro atoms. The molecule has 0 aliphatic heterocycles. The van der Waals surface area contributed by atoms with Crippen molar-refractivity contribution in [1.82, 2.24) is 0 Å². The lowest BCUT2D eigenvalue weighted by molar-refractivity contribution is -0.137. The van der Waals surface area contributed by atoms with E-state index >= 15 is 0 Å². The molecule has 0 bridgehead atoms. The van der Waals surface area contributed by atoms with Crippen LogP contribution < -0.4 is 0 Å². The Morgan fingerprint density at radius 2 is 1.89 bits per heavy atom. The Morgan fingerprint density at radius 3 is 2.52 bits per heavy atom. The number of carboxylic acids is 1. The summed E-state index contributed by atoms with van der Waals surface area (Å²) in [4.78, 5) is 10.7. The van der Waals surface area contributed by atoms with Gasteiger partial charge in [-0.1, -0.05) is 56.9 Å². The monoisotopic (exact) mass is 396 g/mol. The number of aliphatic hydroxyl groups excluding tert-OH is 2. The van der Waals surface area contributed by atoms with E-state index in [1.54, 1.807) is 0 Å². The van der Waals surface area contributed by atoms with Crippen LogP contribution in [0.4, 0.5) is 0 Å². The molecule has 5 heteroatoms. The predicted molar refractivity (Wildman–Crippen MR) is 108 cm³/mol. The fourth-order valence-corrected chi connectivity index (χ4v) is 4.71. The van der Waals surface area contributed by atoms with Crippen molar-refractivity contribution in [2.75, 3.05) is 0 Å². The Hall–Kier alpha value is -1.10. The maximum Gasteiger partial charge on any atom is 0.303 e. The Morgan fingerprint density at radius 1 is 1.19 bits per heavy atom. The van der Waals surface area contributed by atoms with Crippen LogP contribution in [-0.2, 0) is 4.79 Å². The average Bonchev–Trinajstić information content (AvgIpc) is 2.92. The summed E-state index contributed by atoms with van der Waals surface area (Å²) in [5.41, 5.74) is 1.97. The number of carboxylic acid groups (broad SMARTS) is 1. The van der Waals surface area contributed by atoms with Crippen LogP contribution in [0.3, 0.4) is 0 Å². The Labute approximate surface area is 167 Å². The molecule has 5 atom stereocenters. The van der Waals surface area contributed by atoms with Crippen molar-refractivity contribution in [1.29, 1.82) is 0 Å². The summed E-state index contributed by atoms with van der Waals surface area (Å²) in [6, 6.07) is 7.93. The maximum absolute atomic E-state index is 10.7. The number of aliphatic carboxylic acids is 1. The molecule has 0 radical (unpaired) electrons. The second kappa shape index (κ2) is 11.0. The summed E-state index contributed by atoms with van der Waals surface area (Å²) >= 11 is 6.50. The highest BCUT2D eigenvalue weighted by atomic mass is 35.5. The van der Waals surface area contributed by atoms with E-state index in [-0.39, 0.29) is 23.6 Å². The predicted octanol–water partition coefficient (Wildman–Crippen LogP) is 5.02. The first-order valence-corrected chi connectivity index (χ1v) is 10.7. The van der Waals surface area contributed by atoms with Gasteiger partial charge in [0, 0.05) is 17.7 Å². The van der Waals surface area contributed by atoms with Crippen LogP contribution >= 0.6 is 11.6 Å². The van der Waals surface area contributed by atoms with Gasteiger partial charge in [0.05, 0.1) is 12.2 Å². The van der Waals surface area contributed by atoms with Crippen LogP contribution in [0.2, 0.25) is 0 Å². The quantitative estimate of drug-likeness (QED) is 0.362. The number of unbranched alkanes of at least 4 members (excludes halogenated alkanes) is 3. The van der Waals surface area contributed by atoms with E-state index in [2.05, 4.69) is 6.92 Å². The summed E-state index contributed by atoms with van der Waals surface area (Å²) in [6.45, 7) is 2.15. The molecular weight excluding hydrogens is 364 g/mol. The highest BCUT2D eigenvalue weighted by molar-refractivity contribution is 6.21. The lowest BCUT2D eigenvalue weighted by atomic mass is 9.83. The SMILES string of the molecule is CCCCC[C@H](O)c1ccc([C@@H]2[C@@H](CCCCC(=O)O)[C@H](Cl)C[C@H]2O)cc1. The molecule has 4 nitrogen and oxygen atoms in total. The molecular formula is C22H33ClO4. The smallest absolute Gasteiger partial charge is 0.303 e. The molecule has 0 saturated heterocycles. The molecule has 1 aromatic rings. The molecule has 2 rings (SSSR count). The van der Waals surface area contributed by atoms with Gasteiger partial charge in [0.15, 0.2) is 0 Å². The van der Waals surface area contributed by atoms with Crippen LogP contribution in [0.1, 0.15) is 87.9 Å². The van der Waals surface area contributed by atoms with E-state index < -0.39 is 18.2 Å². The second-order valence-electron chi connectivity index (χ2n) is 7.83. The van der Waals surface area contributed by atoms with Crippen molar-refractivity contribution in [2.45, 2.75) is 88.2 Å². The van der Waals surface area contributed by atoms with E-state index in [0.717, 1.165) is 49.7 Å². The molecule has 3 N–H and O–H groups in total. The minimum atomic E-state index is -0.770. The van der Waals surface area contributed by atoms with Crippen molar-refractivity contribution in [3.8, 4) is 0 Å². The number of aliphatic hydroxyl groups is 2. The molecule has 0 amide bonds. The Bertz CT molecular complexity index is 574. The molecule has 0 heterocycles. The third-order valence-corrected chi connectivity index (χ3v) is 6.27. The van der Waals surface area contributed by atoms with Crippen molar-refractivity contribution < 1.29 is 20.1 Å². The normalized spacial score (nSPS) is 26.2. The highest BCUT2D eigenvalue weighted by Crippen LogP contribution is 2.45. The van der Waals surface area contributed by atoms with Gasteiger partial charge in [0.2, 0.25) is 0 Å². The van der Waals surface area contributed by atoms with Crippen LogP contribution in [0.15, 0.2) is 24.3 Å². The lowest BCUT2D eigenvalue weighted by Gasteiger charge is -2.24. The summed E-state index contributed by atoms with van der Waals surface area (Å²) in [6.07, 6.45) is 6.16. The number of hydrogen-bond acceptors (Lipinski definition) is 3. The first-order valence-electron chi connectivity index (χ1n) is 10.3. The summed E-state index contributed by atoms with van der Waals surface area (Å²) in [5.74, 6) is -0.645. The van der Waals surface area contributed by atoms with Gasteiger partial charge >= 0.3 is 5.97 Å². The molecule has 1 aromatic carbocycles. The number of hydrogen-bond donors (Lipinski definition) is 3. The topological polar surface area (TPSA) is 77.8 Å². The van der Waals surface area contributed by atoms with E-state index in [0.29, 0.717) is 12.8 Å². The van der Waals surface area contributed by atoms with Crippen LogP contribution in [-0.4, -0.2) is 32.8 Å². The number of benzene rings is 1. The summed E-state index contributed by atoms with van der Waals surface area (Å²) in [5, 5.41) is 29.5. The van der Waals surface area contributed by atoms with Gasteiger partial charge in [-0.25, -0.2) is 0 Å². The minimum absolute atomic E-state index is 0.0244. The highest BCUT2D eigenvalue weighted by Gasteiger charge is 2.41. The number of halogens is 1. The molecule has 0 aromatic heterocycles. The van der Waals surface area contributed by atoms with Gasteiger partial charge < -0.3 is 15.3 Å². The van der Waals surface area contributed by atoms with Gasteiger partial charge in [0.25, 0.3) is 0 Å². The molecule has 27 heavy (non-hydrogen) atoms. The lowest BCUT2D eigenvalue weighted by Crippen LogP contribution is -2.19. The first kappa shape index (κ1) is 22.2. The third kappa shape index (κ3) is 6.48. The second-order valence-corrected chi connectivity index (χ2v) is 8.39. The van der Waals surface area contributed by atoms with Gasteiger partial charge in [-0.05, 0) is 42.7 Å². The Kier molecular flexibility index (Phi) is 9.07. The van der Waals surface area contributed by atoms with Crippen molar-refractivity contribution >= 4 is 17.6 Å². The molecule has 1 aliphatic rings. The van der Waals surface area contributed by atoms with Crippen molar-refractivity contribution in [2.24, 2.45) is 5.92 Å². The van der Waals surface area contributed by atoms with Crippen LogP contribution in [0.25, 0.3) is 0 Å². The fourth-order valence-electron chi connectivity index (χ4n) is 4.24. The van der Waals surface area contributed by atoms with Gasteiger partial charge in [0.1, 0.15) is 0 Å². The van der Waals surface area contributed by atoms with Gasteiger partial charge in [-0.2, -0.15) is 0 Å². The molecule has 1 fully saturated rings. The van der Waals surface area contributed by atoms with Crippen molar-refractivity contribution in [3.05, 3.63) is 35.4 Å². The summed E-state index contributed by atoms with van der Waals surface area (Å²) in [7, 11) is 0. The minimum Gasteiger partial charge on any atom is -0.481 e.